The van der Waals surface area contributed by atoms with Crippen LogP contribution in [0.3, 0.4) is 0 Å². The van der Waals surface area contributed by atoms with Crippen molar-refractivity contribution in [1.82, 2.24) is 6.15 Å². The zero-order chi connectivity index (χ0) is 3.58. The van der Waals surface area contributed by atoms with E-state index < -0.39 is 11.4 Å². The second-order valence-electron chi connectivity index (χ2n) is 0.204. The van der Waals surface area contributed by atoms with Gasteiger partial charge in [-0.15, -0.1) is 11.4 Å². The molecule has 0 bridgehead atoms. The Morgan fingerprint density at radius 2 is 1.33 bits per heavy atom. The van der Waals surface area contributed by atoms with Crippen LogP contribution in [0.1, 0.15) is 0 Å². The van der Waals surface area contributed by atoms with Crippen LogP contribution in [-0.4, -0.2) is 13.3 Å². The van der Waals surface area contributed by atoms with Gasteiger partial charge in [0.05, 0.1) is 0 Å². The monoisotopic (exact) mass is 293 g/mol. The third-order valence-corrected chi connectivity index (χ3v) is 0. The Labute approximate surface area is 52.3 Å². The molecule has 0 aliphatic heterocycles. The van der Waals surface area contributed by atoms with Crippen LogP contribution in [0.5, 0.6) is 0 Å². The summed E-state index contributed by atoms with van der Waals surface area (Å²) < 4.78 is 25.3. The molecule has 4 N–H and O–H groups in total. The topological polar surface area (TPSA) is 99.7 Å². The van der Waals surface area contributed by atoms with E-state index >= 15 is 0 Å². The molecular weight excluding hydrogens is 289 g/mol. The molecule has 0 aromatic rings. The van der Waals surface area contributed by atoms with Crippen molar-refractivity contribution in [3.8, 4) is 0 Å². The van der Waals surface area contributed by atoms with Gasteiger partial charge in [0.1, 0.15) is 0 Å². The smallest absolute Gasteiger partial charge is 0 e. The predicted octanol–water partition coefficient (Wildman–Crippen LogP) is -0.630. The number of quaternary nitrogens is 1. The summed E-state index contributed by atoms with van der Waals surface area (Å²) in [4.78, 5) is 0. The van der Waals surface area contributed by atoms with Crippen molar-refractivity contribution in [2.24, 2.45) is 0 Å². The van der Waals surface area contributed by atoms with E-state index in [1.165, 1.54) is 0 Å². The van der Waals surface area contributed by atoms with Crippen molar-refractivity contribution in [2.75, 3.05) is 0 Å². The molecule has 0 spiro atoms. The standard InChI is InChI=1S/H3N.H2O3S.Pt/c;1-4(2)3;/h1H3;(H2,1,2,3);/p-1. The maximum atomic E-state index is 8.44. The van der Waals surface area contributed by atoms with E-state index in [2.05, 4.69) is 0 Å². The van der Waals surface area contributed by atoms with Crippen LogP contribution in [0.25, 0.3) is 0 Å². The molecule has 0 rings (SSSR count). The van der Waals surface area contributed by atoms with Crippen LogP contribution in [0.15, 0.2) is 0 Å². The molecule has 0 atom stereocenters. The van der Waals surface area contributed by atoms with Gasteiger partial charge in [-0.2, -0.15) is 0 Å². The first-order chi connectivity index (χ1) is 1.73. The molecule has 44 valence electrons. The van der Waals surface area contributed by atoms with Crippen LogP contribution >= 0.6 is 0 Å². The summed E-state index contributed by atoms with van der Waals surface area (Å²) in [6, 6.07) is 0. The summed E-state index contributed by atoms with van der Waals surface area (Å²) >= 11 is -3.11. The summed E-state index contributed by atoms with van der Waals surface area (Å²) in [6.07, 6.45) is 0. The zero-order valence-corrected chi connectivity index (χ0v) is 6.04. The van der Waals surface area contributed by atoms with Gasteiger partial charge in [-0.3, -0.25) is 4.21 Å². The van der Waals surface area contributed by atoms with E-state index in [9.17, 15) is 0 Å². The molecule has 0 aliphatic rings. The van der Waals surface area contributed by atoms with Gasteiger partial charge in [0.2, 0.25) is 0 Å². The first-order valence-corrected chi connectivity index (χ1v) is 1.50. The Kier molecular flexibility index (Phi) is 24.4. The molecule has 6 heteroatoms. The van der Waals surface area contributed by atoms with Gasteiger partial charge in [0, 0.05) is 21.1 Å². The fourth-order valence-electron chi connectivity index (χ4n) is 0. The van der Waals surface area contributed by atoms with E-state index in [1.54, 1.807) is 0 Å². The Balaban J connectivity index is -0.0000000450. The minimum absolute atomic E-state index is 0. The Hall–Kier alpha value is 0.718. The average molecular weight is 293 g/mol. The molecule has 0 aromatic carbocycles. The van der Waals surface area contributed by atoms with Crippen LogP contribution < -0.4 is 6.15 Å². The Morgan fingerprint density at radius 1 is 1.33 bits per heavy atom. The Morgan fingerprint density at radius 3 is 1.33 bits per heavy atom. The summed E-state index contributed by atoms with van der Waals surface area (Å²) in [5.74, 6) is 0. The molecule has 0 unspecified atom stereocenters. The minimum atomic E-state index is -3.11. The van der Waals surface area contributed by atoms with Crippen molar-refractivity contribution in [1.29, 1.82) is 0 Å². The normalized spacial score (nSPS) is 5.83. The van der Waals surface area contributed by atoms with Crippen LogP contribution in [0.4, 0.5) is 0 Å². The van der Waals surface area contributed by atoms with E-state index in [4.69, 9.17) is 13.3 Å². The van der Waals surface area contributed by atoms with Crippen molar-refractivity contribution in [3.63, 3.8) is 0 Å². The minimum Gasteiger partial charge on any atom is -0.784 e. The number of rotatable bonds is 0. The summed E-state index contributed by atoms with van der Waals surface area (Å²) in [5.41, 5.74) is 0. The van der Waals surface area contributed by atoms with Gasteiger partial charge in [0.15, 0.2) is 0 Å². The van der Waals surface area contributed by atoms with E-state index in [0.29, 0.717) is 0 Å². The molecule has 0 saturated heterocycles. The van der Waals surface area contributed by atoms with Crippen molar-refractivity contribution in [3.05, 3.63) is 0 Å². The van der Waals surface area contributed by atoms with Crippen molar-refractivity contribution < 1.29 is 34.4 Å². The van der Waals surface area contributed by atoms with E-state index in [0.717, 1.165) is 0 Å². The molecule has 0 heterocycles. The first-order valence-electron chi connectivity index (χ1n) is 0.500. The summed E-state index contributed by atoms with van der Waals surface area (Å²) in [7, 11) is 0. The molecule has 4 nitrogen and oxygen atoms in total. The maximum Gasteiger partial charge on any atom is 0 e. The fourth-order valence-corrected chi connectivity index (χ4v) is 0. The fraction of sp³-hybridized carbons (Fsp3) is 0. The first kappa shape index (κ1) is 15.9. The van der Waals surface area contributed by atoms with Crippen molar-refractivity contribution >= 4 is 11.4 Å². The second kappa shape index (κ2) is 9.21. The van der Waals surface area contributed by atoms with Gasteiger partial charge < -0.3 is 15.3 Å². The quantitative estimate of drug-likeness (QED) is 0.602. The molecule has 0 aliphatic carbocycles. The molecule has 0 saturated carbocycles. The second-order valence-corrected chi connectivity index (χ2v) is 0.612. The third kappa shape index (κ3) is 126. The van der Waals surface area contributed by atoms with Crippen LogP contribution in [0, 0.1) is 0 Å². The van der Waals surface area contributed by atoms with Gasteiger partial charge in [-0.25, -0.2) is 0 Å². The molecular formula is H4NO3PtS-. The van der Waals surface area contributed by atoms with Gasteiger partial charge in [0.25, 0.3) is 0 Å². The predicted molar refractivity (Wildman–Crippen MR) is 15.7 cm³/mol. The van der Waals surface area contributed by atoms with Crippen LogP contribution in [-0.2, 0) is 32.4 Å². The van der Waals surface area contributed by atoms with Crippen LogP contribution in [0.2, 0.25) is 0 Å². The maximum absolute atomic E-state index is 8.44. The SMILES string of the molecule is O=S([O-])[O-].[NH4+].[Pt]. The third-order valence-electron chi connectivity index (χ3n) is 0. The van der Waals surface area contributed by atoms with Gasteiger partial charge in [-0.05, 0) is 0 Å². The molecule has 0 fully saturated rings. The van der Waals surface area contributed by atoms with E-state index in [1.807, 2.05) is 0 Å². The zero-order valence-electron chi connectivity index (χ0n) is 2.95. The molecule has 6 heavy (non-hydrogen) atoms. The summed E-state index contributed by atoms with van der Waals surface area (Å²) in [6.45, 7) is 0. The molecule has 0 amide bonds. The average Bonchev–Trinajstić information content (AvgIpc) is 0.811. The number of hydrogen-bond acceptors (Lipinski definition) is 3. The molecule has 0 radical (unpaired) electrons. The molecule has 0 aromatic heterocycles. The summed E-state index contributed by atoms with van der Waals surface area (Å²) in [5, 5.41) is 0. The number of hydrogen-bond donors (Lipinski definition) is 1. The Bertz CT molecular complexity index is 33.8. The van der Waals surface area contributed by atoms with Crippen molar-refractivity contribution in [2.45, 2.75) is 0 Å². The largest absolute Gasteiger partial charge is 0.784 e. The van der Waals surface area contributed by atoms with Gasteiger partial charge >= 0.3 is 0 Å². The van der Waals surface area contributed by atoms with E-state index in [-0.39, 0.29) is 27.2 Å². The van der Waals surface area contributed by atoms with Gasteiger partial charge in [-0.1, -0.05) is 0 Å².